The highest BCUT2D eigenvalue weighted by atomic mass is 19.1. The summed E-state index contributed by atoms with van der Waals surface area (Å²) in [6.45, 7) is 3.57. The summed E-state index contributed by atoms with van der Waals surface area (Å²) in [5.41, 5.74) is 0.769. The molecule has 0 bridgehead atoms. The standard InChI is InChI=1S/C14H21FN2O2/c1-4-16-10-14(18)17(2)8-7-11-9-12(15)5-6-13(11)19-3/h5-6,9,16H,4,7-8,10H2,1-3H3. The van der Waals surface area contributed by atoms with Gasteiger partial charge in [-0.2, -0.15) is 0 Å². The largest absolute Gasteiger partial charge is 0.496 e. The third-order valence-electron chi connectivity index (χ3n) is 2.91. The molecule has 4 nitrogen and oxygen atoms in total. The Balaban J connectivity index is 2.56. The molecule has 0 aliphatic carbocycles. The topological polar surface area (TPSA) is 41.6 Å². The SMILES string of the molecule is CCNCC(=O)N(C)CCc1cc(F)ccc1OC. The van der Waals surface area contributed by atoms with E-state index in [0.717, 1.165) is 12.1 Å². The number of carbonyl (C=O) groups excluding carboxylic acids is 1. The number of nitrogens with one attached hydrogen (secondary N) is 1. The second-order valence-corrected chi connectivity index (χ2v) is 4.30. The van der Waals surface area contributed by atoms with Crippen LogP contribution >= 0.6 is 0 Å². The molecule has 0 fully saturated rings. The van der Waals surface area contributed by atoms with Crippen molar-refractivity contribution in [3.63, 3.8) is 0 Å². The zero-order valence-corrected chi connectivity index (χ0v) is 11.7. The minimum atomic E-state index is -0.294. The van der Waals surface area contributed by atoms with E-state index in [1.807, 2.05) is 6.92 Å². The average molecular weight is 268 g/mol. The van der Waals surface area contributed by atoms with E-state index in [1.54, 1.807) is 25.1 Å². The van der Waals surface area contributed by atoms with Gasteiger partial charge in [0.05, 0.1) is 13.7 Å². The van der Waals surface area contributed by atoms with Gasteiger partial charge in [-0.05, 0) is 36.7 Å². The lowest BCUT2D eigenvalue weighted by Gasteiger charge is -2.18. The monoisotopic (exact) mass is 268 g/mol. The first-order valence-electron chi connectivity index (χ1n) is 6.35. The van der Waals surface area contributed by atoms with Gasteiger partial charge in [-0.1, -0.05) is 6.92 Å². The fourth-order valence-corrected chi connectivity index (χ4v) is 1.72. The van der Waals surface area contributed by atoms with Gasteiger partial charge in [0.2, 0.25) is 5.91 Å². The molecule has 0 aliphatic heterocycles. The molecule has 0 saturated carbocycles. The molecule has 0 unspecified atom stereocenters. The molecule has 0 aliphatic rings. The predicted molar refractivity (Wildman–Crippen MR) is 72.8 cm³/mol. The summed E-state index contributed by atoms with van der Waals surface area (Å²) in [6.07, 6.45) is 0.565. The van der Waals surface area contributed by atoms with E-state index in [1.165, 1.54) is 12.1 Å². The number of benzene rings is 1. The smallest absolute Gasteiger partial charge is 0.236 e. The van der Waals surface area contributed by atoms with E-state index < -0.39 is 0 Å². The molecule has 0 aromatic heterocycles. The zero-order valence-electron chi connectivity index (χ0n) is 11.7. The summed E-state index contributed by atoms with van der Waals surface area (Å²) >= 11 is 0. The van der Waals surface area contributed by atoms with Gasteiger partial charge < -0.3 is 15.0 Å². The van der Waals surface area contributed by atoms with Gasteiger partial charge in [-0.3, -0.25) is 4.79 Å². The van der Waals surface area contributed by atoms with Crippen LogP contribution in [0.1, 0.15) is 12.5 Å². The Morgan fingerprint density at radius 2 is 2.21 bits per heavy atom. The van der Waals surface area contributed by atoms with Crippen molar-refractivity contribution in [3.05, 3.63) is 29.6 Å². The van der Waals surface area contributed by atoms with Crippen LogP contribution in [0.4, 0.5) is 4.39 Å². The van der Waals surface area contributed by atoms with Crippen molar-refractivity contribution in [2.24, 2.45) is 0 Å². The third-order valence-corrected chi connectivity index (χ3v) is 2.91. The number of halogens is 1. The van der Waals surface area contributed by atoms with E-state index in [4.69, 9.17) is 4.74 Å². The first-order chi connectivity index (χ1) is 9.08. The maximum absolute atomic E-state index is 13.2. The van der Waals surface area contributed by atoms with Crippen molar-refractivity contribution in [1.82, 2.24) is 10.2 Å². The molecule has 19 heavy (non-hydrogen) atoms. The summed E-state index contributed by atoms with van der Waals surface area (Å²) in [5.74, 6) is 0.378. The van der Waals surface area contributed by atoms with Crippen molar-refractivity contribution in [3.8, 4) is 5.75 Å². The Morgan fingerprint density at radius 3 is 2.84 bits per heavy atom. The molecule has 0 heterocycles. The van der Waals surface area contributed by atoms with E-state index in [-0.39, 0.29) is 11.7 Å². The second kappa shape index (κ2) is 7.74. The predicted octanol–water partition coefficient (Wildman–Crippen LogP) is 1.44. The number of hydrogen-bond donors (Lipinski definition) is 1. The first-order valence-corrected chi connectivity index (χ1v) is 6.35. The Bertz CT molecular complexity index is 424. The zero-order chi connectivity index (χ0) is 14.3. The Kier molecular flexibility index (Phi) is 6.29. The molecule has 0 saturated heterocycles. The normalized spacial score (nSPS) is 10.3. The van der Waals surface area contributed by atoms with E-state index in [2.05, 4.69) is 5.32 Å². The van der Waals surface area contributed by atoms with Gasteiger partial charge in [0.25, 0.3) is 0 Å². The van der Waals surface area contributed by atoms with Crippen LogP contribution in [0.2, 0.25) is 0 Å². The molecule has 0 radical (unpaired) electrons. The van der Waals surface area contributed by atoms with Crippen LogP contribution in [-0.2, 0) is 11.2 Å². The molecule has 5 heteroatoms. The Labute approximate surface area is 113 Å². The number of amides is 1. The van der Waals surface area contributed by atoms with E-state index >= 15 is 0 Å². The van der Waals surface area contributed by atoms with Crippen LogP contribution in [0.5, 0.6) is 5.75 Å². The van der Waals surface area contributed by atoms with Gasteiger partial charge in [0, 0.05) is 13.6 Å². The third kappa shape index (κ3) is 4.87. The molecular weight excluding hydrogens is 247 g/mol. The number of nitrogens with zero attached hydrogens (tertiary/aromatic N) is 1. The van der Waals surface area contributed by atoms with Crippen LogP contribution in [0.15, 0.2) is 18.2 Å². The number of hydrogen-bond acceptors (Lipinski definition) is 3. The number of likely N-dealkylation sites (N-methyl/N-ethyl adjacent to an activating group) is 2. The fourth-order valence-electron chi connectivity index (χ4n) is 1.72. The number of ether oxygens (including phenoxy) is 1. The van der Waals surface area contributed by atoms with Gasteiger partial charge in [-0.15, -0.1) is 0 Å². The molecule has 1 N–H and O–H groups in total. The quantitative estimate of drug-likeness (QED) is 0.813. The second-order valence-electron chi connectivity index (χ2n) is 4.30. The minimum absolute atomic E-state index is 0.0252. The number of carbonyl (C=O) groups is 1. The molecule has 1 aromatic rings. The molecular formula is C14H21FN2O2. The summed E-state index contributed by atoms with van der Waals surface area (Å²) in [5, 5.41) is 2.98. The van der Waals surface area contributed by atoms with Crippen molar-refractivity contribution in [1.29, 1.82) is 0 Å². The van der Waals surface area contributed by atoms with Crippen molar-refractivity contribution < 1.29 is 13.9 Å². The van der Waals surface area contributed by atoms with Crippen LogP contribution in [-0.4, -0.2) is 44.6 Å². The Hall–Kier alpha value is -1.62. The minimum Gasteiger partial charge on any atom is -0.496 e. The highest BCUT2D eigenvalue weighted by Gasteiger charge is 2.10. The molecule has 0 atom stereocenters. The van der Waals surface area contributed by atoms with Crippen LogP contribution in [0.25, 0.3) is 0 Å². The maximum Gasteiger partial charge on any atom is 0.236 e. The maximum atomic E-state index is 13.2. The average Bonchev–Trinajstić information content (AvgIpc) is 2.42. The molecule has 1 aromatic carbocycles. The van der Waals surface area contributed by atoms with Crippen LogP contribution in [0.3, 0.4) is 0 Å². The van der Waals surface area contributed by atoms with E-state index in [9.17, 15) is 9.18 Å². The fraction of sp³-hybridized carbons (Fsp3) is 0.500. The highest BCUT2D eigenvalue weighted by molar-refractivity contribution is 5.77. The van der Waals surface area contributed by atoms with Crippen molar-refractivity contribution in [2.75, 3.05) is 33.8 Å². The molecule has 106 valence electrons. The first kappa shape index (κ1) is 15.4. The van der Waals surface area contributed by atoms with Crippen molar-refractivity contribution >= 4 is 5.91 Å². The van der Waals surface area contributed by atoms with Gasteiger partial charge in [0.1, 0.15) is 11.6 Å². The van der Waals surface area contributed by atoms with Crippen molar-refractivity contribution in [2.45, 2.75) is 13.3 Å². The van der Waals surface area contributed by atoms with Crippen LogP contribution in [0, 0.1) is 5.82 Å². The lowest BCUT2D eigenvalue weighted by atomic mass is 10.1. The van der Waals surface area contributed by atoms with Crippen LogP contribution < -0.4 is 10.1 Å². The van der Waals surface area contributed by atoms with Gasteiger partial charge in [0.15, 0.2) is 0 Å². The number of rotatable bonds is 7. The van der Waals surface area contributed by atoms with Gasteiger partial charge in [-0.25, -0.2) is 4.39 Å². The summed E-state index contributed by atoms with van der Waals surface area (Å²) < 4.78 is 18.4. The molecule has 0 spiro atoms. The molecule has 1 amide bonds. The summed E-state index contributed by atoms with van der Waals surface area (Å²) in [6, 6.07) is 4.41. The summed E-state index contributed by atoms with van der Waals surface area (Å²) in [7, 11) is 3.29. The highest BCUT2D eigenvalue weighted by Crippen LogP contribution is 2.19. The lowest BCUT2D eigenvalue weighted by molar-refractivity contribution is -0.128. The number of methoxy groups -OCH3 is 1. The molecule has 1 rings (SSSR count). The van der Waals surface area contributed by atoms with Gasteiger partial charge >= 0.3 is 0 Å². The lowest BCUT2D eigenvalue weighted by Crippen LogP contribution is -2.36. The summed E-state index contributed by atoms with van der Waals surface area (Å²) in [4.78, 5) is 13.3. The van der Waals surface area contributed by atoms with E-state index in [0.29, 0.717) is 25.3 Å². The Morgan fingerprint density at radius 1 is 1.47 bits per heavy atom.